The third kappa shape index (κ3) is 4.67. The number of hydrazine groups is 1. The van der Waals surface area contributed by atoms with Crippen molar-refractivity contribution < 1.29 is 26.8 Å². The Morgan fingerprint density at radius 1 is 1.00 bits per heavy atom. The van der Waals surface area contributed by atoms with Crippen LogP contribution >= 0.6 is 0 Å². The molecule has 172 valence electrons. The molecule has 0 radical (unpaired) electrons. The Kier molecular flexibility index (Phi) is 6.05. The third-order valence-corrected chi connectivity index (χ3v) is 6.42. The van der Waals surface area contributed by atoms with Gasteiger partial charge < -0.3 is 8.83 Å². The molecule has 2 aromatic heterocycles. The predicted octanol–water partition coefficient (Wildman–Crippen LogP) is 2.58. The van der Waals surface area contributed by atoms with Gasteiger partial charge in [-0.2, -0.15) is 18.4 Å². The minimum absolute atomic E-state index is 0.00994. The van der Waals surface area contributed by atoms with Gasteiger partial charge in [0.2, 0.25) is 0 Å². The molecule has 10 nitrogen and oxygen atoms in total. The number of carbonyl (C=O) groups is 2. The summed E-state index contributed by atoms with van der Waals surface area (Å²) in [5.41, 5.74) is 7.06. The average molecular weight is 471 g/mol. The van der Waals surface area contributed by atoms with Gasteiger partial charge in [0.1, 0.15) is 5.76 Å². The van der Waals surface area contributed by atoms with Gasteiger partial charge >= 0.3 is 11.8 Å². The molecule has 0 saturated carbocycles. The summed E-state index contributed by atoms with van der Waals surface area (Å²) in [6.07, 6.45) is 3.11. The first-order chi connectivity index (χ1) is 15.8. The second kappa shape index (κ2) is 8.94. The molecule has 0 aliphatic heterocycles. The number of hydrogen-bond acceptors (Lipinski definition) is 7. The second-order valence-corrected chi connectivity index (χ2v) is 9.22. The SMILES string of the molecule is Cc1ccc(S(=O)(=O)N/N=C2\CCCc3oc(C(=O)NNC(=O)c4ccco4)c(C)c32)cc1. The van der Waals surface area contributed by atoms with E-state index >= 15 is 0 Å². The molecule has 0 saturated heterocycles. The van der Waals surface area contributed by atoms with Gasteiger partial charge in [0, 0.05) is 17.5 Å². The van der Waals surface area contributed by atoms with Gasteiger partial charge in [-0.1, -0.05) is 17.7 Å². The van der Waals surface area contributed by atoms with Gasteiger partial charge in [-0.3, -0.25) is 20.4 Å². The van der Waals surface area contributed by atoms with E-state index in [0.717, 1.165) is 5.56 Å². The molecule has 0 spiro atoms. The quantitative estimate of drug-likeness (QED) is 0.489. The average Bonchev–Trinajstić information content (AvgIpc) is 3.45. The van der Waals surface area contributed by atoms with Crippen molar-refractivity contribution in [2.75, 3.05) is 0 Å². The molecular weight excluding hydrogens is 448 g/mol. The molecule has 4 rings (SSSR count). The van der Waals surface area contributed by atoms with Crippen molar-refractivity contribution in [2.45, 2.75) is 38.0 Å². The fourth-order valence-corrected chi connectivity index (χ4v) is 4.35. The molecule has 0 fully saturated rings. The maximum absolute atomic E-state index is 12.6. The molecule has 0 bridgehead atoms. The van der Waals surface area contributed by atoms with Gasteiger partial charge in [-0.25, -0.2) is 0 Å². The maximum Gasteiger partial charge on any atom is 0.305 e. The molecule has 33 heavy (non-hydrogen) atoms. The molecular formula is C22H22N4O6S. The summed E-state index contributed by atoms with van der Waals surface area (Å²) in [6, 6.07) is 9.43. The Morgan fingerprint density at radius 3 is 2.42 bits per heavy atom. The summed E-state index contributed by atoms with van der Waals surface area (Å²) in [6.45, 7) is 3.55. The number of fused-ring (bicyclic) bond motifs is 1. The highest BCUT2D eigenvalue weighted by Gasteiger charge is 2.28. The van der Waals surface area contributed by atoms with Crippen LogP contribution in [0, 0.1) is 13.8 Å². The van der Waals surface area contributed by atoms with Crippen LogP contribution in [0.15, 0.2) is 61.5 Å². The smallest absolute Gasteiger partial charge is 0.305 e. The van der Waals surface area contributed by atoms with Crippen LogP contribution in [0.1, 0.15) is 56.4 Å². The molecule has 1 aliphatic rings. The second-order valence-electron chi connectivity index (χ2n) is 7.56. The van der Waals surface area contributed by atoms with Crippen LogP contribution in [0.5, 0.6) is 0 Å². The Hall–Kier alpha value is -3.86. The van der Waals surface area contributed by atoms with Crippen LogP contribution in [0.2, 0.25) is 0 Å². The number of benzene rings is 1. The summed E-state index contributed by atoms with van der Waals surface area (Å²) in [4.78, 5) is 26.9. The number of hydrogen-bond donors (Lipinski definition) is 3. The van der Waals surface area contributed by atoms with E-state index in [0.29, 0.717) is 41.9 Å². The molecule has 1 aliphatic carbocycles. The number of nitrogens with one attached hydrogen (secondary N) is 3. The van der Waals surface area contributed by atoms with Crippen molar-refractivity contribution in [3.8, 4) is 0 Å². The topological polar surface area (TPSA) is 143 Å². The highest BCUT2D eigenvalue weighted by Crippen LogP contribution is 2.30. The fourth-order valence-electron chi connectivity index (χ4n) is 3.52. The number of hydrazone groups is 1. The highest BCUT2D eigenvalue weighted by molar-refractivity contribution is 7.89. The first kappa shape index (κ1) is 22.3. The zero-order valence-corrected chi connectivity index (χ0v) is 18.8. The lowest BCUT2D eigenvalue weighted by atomic mass is 9.93. The van der Waals surface area contributed by atoms with E-state index in [-0.39, 0.29) is 16.4 Å². The van der Waals surface area contributed by atoms with E-state index in [1.165, 1.54) is 24.5 Å². The molecule has 3 aromatic rings. The van der Waals surface area contributed by atoms with Crippen LogP contribution in [0.4, 0.5) is 0 Å². The van der Waals surface area contributed by atoms with E-state index in [1.807, 2.05) is 6.92 Å². The number of aryl methyl sites for hydroxylation is 2. The first-order valence-electron chi connectivity index (χ1n) is 10.2. The van der Waals surface area contributed by atoms with Crippen LogP contribution in [0.25, 0.3) is 0 Å². The Morgan fingerprint density at radius 2 is 1.73 bits per heavy atom. The highest BCUT2D eigenvalue weighted by atomic mass is 32.2. The van der Waals surface area contributed by atoms with Crippen molar-refractivity contribution in [1.82, 2.24) is 15.7 Å². The number of carbonyl (C=O) groups excluding carboxylic acids is 2. The van der Waals surface area contributed by atoms with Gasteiger partial charge in [0.05, 0.1) is 16.9 Å². The minimum Gasteiger partial charge on any atom is -0.459 e. The first-order valence-corrected chi connectivity index (χ1v) is 11.7. The van der Waals surface area contributed by atoms with E-state index in [4.69, 9.17) is 8.83 Å². The Bertz CT molecular complexity index is 1320. The molecule has 2 amide bonds. The number of sulfonamides is 1. The summed E-state index contributed by atoms with van der Waals surface area (Å²) in [7, 11) is -3.84. The van der Waals surface area contributed by atoms with E-state index in [2.05, 4.69) is 20.8 Å². The molecule has 1 aromatic carbocycles. The van der Waals surface area contributed by atoms with Crippen LogP contribution < -0.4 is 15.7 Å². The monoisotopic (exact) mass is 470 g/mol. The zero-order valence-electron chi connectivity index (χ0n) is 18.0. The minimum atomic E-state index is -3.84. The molecule has 2 heterocycles. The summed E-state index contributed by atoms with van der Waals surface area (Å²) in [5, 5.41) is 4.14. The Balaban J connectivity index is 1.52. The van der Waals surface area contributed by atoms with Gasteiger partial charge in [0.25, 0.3) is 10.0 Å². The number of rotatable bonds is 5. The fraction of sp³-hybridized carbons (Fsp3) is 0.227. The normalized spacial score (nSPS) is 14.5. The zero-order chi connectivity index (χ0) is 23.6. The molecule has 11 heteroatoms. The molecule has 0 atom stereocenters. The van der Waals surface area contributed by atoms with Gasteiger partial charge in [-0.15, -0.1) is 0 Å². The van der Waals surface area contributed by atoms with E-state index in [9.17, 15) is 18.0 Å². The summed E-state index contributed by atoms with van der Waals surface area (Å²) in [5.74, 6) is -0.678. The molecule has 3 N–H and O–H groups in total. The lowest BCUT2D eigenvalue weighted by molar-refractivity contribution is 0.0815. The van der Waals surface area contributed by atoms with Crippen molar-refractivity contribution in [3.63, 3.8) is 0 Å². The van der Waals surface area contributed by atoms with Crippen molar-refractivity contribution in [1.29, 1.82) is 0 Å². The van der Waals surface area contributed by atoms with Gasteiger partial charge in [0.15, 0.2) is 11.5 Å². The van der Waals surface area contributed by atoms with Crippen LogP contribution in [0.3, 0.4) is 0 Å². The lowest BCUT2D eigenvalue weighted by Gasteiger charge is -2.14. The van der Waals surface area contributed by atoms with Gasteiger partial charge in [-0.05, 0) is 51.0 Å². The standard InChI is InChI=1S/C22H22N4O6S/c1-13-8-10-15(11-9-13)33(29,30)26-23-16-5-3-6-17-19(16)14(2)20(32-17)22(28)25-24-21(27)18-7-4-12-31-18/h4,7-12,26H,3,5-6H2,1-2H3,(H,24,27)(H,25,28)/b23-16+. The number of furan rings is 2. The van der Waals surface area contributed by atoms with Crippen LogP contribution in [-0.4, -0.2) is 25.9 Å². The predicted molar refractivity (Wildman–Crippen MR) is 118 cm³/mol. The Labute approximate surface area is 190 Å². The van der Waals surface area contributed by atoms with E-state index in [1.54, 1.807) is 25.1 Å². The van der Waals surface area contributed by atoms with Crippen molar-refractivity contribution in [3.05, 3.63) is 76.6 Å². The van der Waals surface area contributed by atoms with Crippen LogP contribution in [-0.2, 0) is 16.4 Å². The number of nitrogens with zero attached hydrogens (tertiary/aromatic N) is 1. The summed E-state index contributed by atoms with van der Waals surface area (Å²) < 4.78 is 35.9. The van der Waals surface area contributed by atoms with Crippen molar-refractivity contribution >= 4 is 27.5 Å². The lowest BCUT2D eigenvalue weighted by Crippen LogP contribution is -2.41. The number of amides is 2. The third-order valence-electron chi connectivity index (χ3n) is 5.20. The maximum atomic E-state index is 12.6. The molecule has 0 unspecified atom stereocenters. The largest absolute Gasteiger partial charge is 0.459 e. The van der Waals surface area contributed by atoms with Crippen molar-refractivity contribution in [2.24, 2.45) is 5.10 Å². The summed E-state index contributed by atoms with van der Waals surface area (Å²) >= 11 is 0. The van der Waals surface area contributed by atoms with E-state index < -0.39 is 21.8 Å².